The minimum Gasteiger partial charge on any atom is -0.353 e. The third-order valence-electron chi connectivity index (χ3n) is 1.81. The van der Waals surface area contributed by atoms with Crippen molar-refractivity contribution in [3.8, 4) is 0 Å². The molecule has 1 unspecified atom stereocenters. The Labute approximate surface area is 75.9 Å². The van der Waals surface area contributed by atoms with Crippen LogP contribution in [0.15, 0.2) is 0 Å². The van der Waals surface area contributed by atoms with E-state index in [9.17, 15) is 4.79 Å². The summed E-state index contributed by atoms with van der Waals surface area (Å²) in [6.45, 7) is 2.00. The van der Waals surface area contributed by atoms with Crippen LogP contribution >= 0.6 is 15.9 Å². The van der Waals surface area contributed by atoms with Crippen molar-refractivity contribution in [2.45, 2.75) is 32.2 Å². The molecule has 1 N–H and O–H groups in total. The topological polar surface area (TPSA) is 29.1 Å². The summed E-state index contributed by atoms with van der Waals surface area (Å²) in [7, 11) is 0. The molecular weight excluding hydrogens is 206 g/mol. The molecule has 2 nitrogen and oxygen atoms in total. The molecule has 0 aliphatic heterocycles. The van der Waals surface area contributed by atoms with Crippen LogP contribution in [0, 0.1) is 5.92 Å². The van der Waals surface area contributed by atoms with Gasteiger partial charge in [0.2, 0.25) is 5.91 Å². The Hall–Kier alpha value is -0.0500. The summed E-state index contributed by atoms with van der Waals surface area (Å²) in [5.41, 5.74) is 0. The van der Waals surface area contributed by atoms with E-state index >= 15 is 0 Å². The lowest BCUT2D eigenvalue weighted by atomic mass is 10.2. The van der Waals surface area contributed by atoms with Gasteiger partial charge in [-0.05, 0) is 25.7 Å². The minimum absolute atomic E-state index is 0.208. The van der Waals surface area contributed by atoms with Gasteiger partial charge in [-0.25, -0.2) is 0 Å². The first-order chi connectivity index (χ1) is 5.22. The number of rotatable bonds is 4. The second-order valence-electron chi connectivity index (χ2n) is 3.27. The van der Waals surface area contributed by atoms with Crippen LogP contribution in [-0.4, -0.2) is 17.3 Å². The Morgan fingerprint density at radius 2 is 2.36 bits per heavy atom. The summed E-state index contributed by atoms with van der Waals surface area (Å²) >= 11 is 3.31. The number of carbonyl (C=O) groups excluding carboxylic acids is 1. The van der Waals surface area contributed by atoms with E-state index in [1.807, 2.05) is 6.92 Å². The average Bonchev–Trinajstić information content (AvgIpc) is 2.71. The van der Waals surface area contributed by atoms with Gasteiger partial charge in [0.1, 0.15) is 0 Å². The highest BCUT2D eigenvalue weighted by Gasteiger charge is 2.24. The van der Waals surface area contributed by atoms with Crippen LogP contribution in [-0.2, 0) is 4.79 Å². The standard InChI is InChI=1S/C8H14BrNO/c1-6(5-9)10-8(11)4-7-2-3-7/h6-7H,2-5H2,1H3,(H,10,11). The minimum atomic E-state index is 0.208. The maximum absolute atomic E-state index is 11.1. The molecule has 0 bridgehead atoms. The Morgan fingerprint density at radius 1 is 1.73 bits per heavy atom. The molecule has 1 amide bonds. The summed E-state index contributed by atoms with van der Waals surface area (Å²) in [5, 5.41) is 3.75. The number of hydrogen-bond donors (Lipinski definition) is 1. The number of nitrogens with one attached hydrogen (secondary N) is 1. The van der Waals surface area contributed by atoms with Crippen LogP contribution in [0.3, 0.4) is 0 Å². The summed E-state index contributed by atoms with van der Waals surface area (Å²) in [6, 6.07) is 0.265. The third-order valence-corrected chi connectivity index (χ3v) is 2.78. The Morgan fingerprint density at radius 3 is 2.82 bits per heavy atom. The first-order valence-corrected chi connectivity index (χ1v) is 5.20. The van der Waals surface area contributed by atoms with Crippen molar-refractivity contribution in [1.82, 2.24) is 5.32 Å². The summed E-state index contributed by atoms with van der Waals surface area (Å²) < 4.78 is 0. The van der Waals surface area contributed by atoms with Crippen molar-refractivity contribution in [3.05, 3.63) is 0 Å². The van der Waals surface area contributed by atoms with Gasteiger partial charge < -0.3 is 5.32 Å². The summed E-state index contributed by atoms with van der Waals surface area (Å²) in [6.07, 6.45) is 3.23. The molecule has 1 saturated carbocycles. The molecule has 0 aromatic rings. The number of halogens is 1. The van der Waals surface area contributed by atoms with Crippen molar-refractivity contribution >= 4 is 21.8 Å². The lowest BCUT2D eigenvalue weighted by molar-refractivity contribution is -0.121. The van der Waals surface area contributed by atoms with Gasteiger partial charge in [0.25, 0.3) is 0 Å². The molecule has 1 rings (SSSR count). The normalized spacial score (nSPS) is 19.5. The molecule has 1 aliphatic carbocycles. The zero-order valence-electron chi connectivity index (χ0n) is 6.77. The van der Waals surface area contributed by atoms with Crippen LogP contribution < -0.4 is 5.32 Å². The van der Waals surface area contributed by atoms with Gasteiger partial charge in [-0.1, -0.05) is 15.9 Å². The molecule has 0 aromatic carbocycles. The van der Waals surface area contributed by atoms with Crippen LogP contribution in [0.25, 0.3) is 0 Å². The van der Waals surface area contributed by atoms with Crippen molar-refractivity contribution < 1.29 is 4.79 Å². The van der Waals surface area contributed by atoms with E-state index in [-0.39, 0.29) is 11.9 Å². The predicted molar refractivity (Wildman–Crippen MR) is 48.7 cm³/mol. The van der Waals surface area contributed by atoms with Crippen LogP contribution in [0.2, 0.25) is 0 Å². The van der Waals surface area contributed by atoms with Gasteiger partial charge in [-0.3, -0.25) is 4.79 Å². The number of carbonyl (C=O) groups is 1. The first-order valence-electron chi connectivity index (χ1n) is 4.07. The SMILES string of the molecule is CC(CBr)NC(=O)CC1CC1. The Kier molecular flexibility index (Phi) is 3.37. The van der Waals surface area contributed by atoms with Gasteiger partial charge in [0.05, 0.1) is 0 Å². The summed E-state index contributed by atoms with van der Waals surface area (Å²) in [5.74, 6) is 0.900. The highest BCUT2D eigenvalue weighted by molar-refractivity contribution is 9.09. The zero-order chi connectivity index (χ0) is 8.27. The molecule has 0 spiro atoms. The Balaban J connectivity index is 2.08. The van der Waals surface area contributed by atoms with E-state index in [1.54, 1.807) is 0 Å². The van der Waals surface area contributed by atoms with Crippen LogP contribution in [0.4, 0.5) is 0 Å². The number of amides is 1. The fourth-order valence-corrected chi connectivity index (χ4v) is 1.12. The van der Waals surface area contributed by atoms with Gasteiger partial charge in [0.15, 0.2) is 0 Å². The van der Waals surface area contributed by atoms with E-state index in [2.05, 4.69) is 21.2 Å². The predicted octanol–water partition coefficient (Wildman–Crippen LogP) is 1.69. The van der Waals surface area contributed by atoms with E-state index < -0.39 is 0 Å². The van der Waals surface area contributed by atoms with Crippen molar-refractivity contribution in [1.29, 1.82) is 0 Å². The fourth-order valence-electron chi connectivity index (χ4n) is 0.956. The van der Waals surface area contributed by atoms with E-state index in [0.29, 0.717) is 5.92 Å². The van der Waals surface area contributed by atoms with Crippen LogP contribution in [0.1, 0.15) is 26.2 Å². The molecule has 0 aromatic heterocycles. The highest BCUT2D eigenvalue weighted by atomic mass is 79.9. The maximum atomic E-state index is 11.1. The molecule has 64 valence electrons. The van der Waals surface area contributed by atoms with E-state index in [1.165, 1.54) is 12.8 Å². The first kappa shape index (κ1) is 9.04. The second-order valence-corrected chi connectivity index (χ2v) is 3.92. The van der Waals surface area contributed by atoms with Gasteiger partial charge in [-0.15, -0.1) is 0 Å². The average molecular weight is 220 g/mol. The molecule has 0 heterocycles. The highest BCUT2D eigenvalue weighted by Crippen LogP contribution is 2.32. The molecule has 0 radical (unpaired) electrons. The molecule has 11 heavy (non-hydrogen) atoms. The van der Waals surface area contributed by atoms with Gasteiger partial charge >= 0.3 is 0 Å². The van der Waals surface area contributed by atoms with Crippen molar-refractivity contribution in [3.63, 3.8) is 0 Å². The fraction of sp³-hybridized carbons (Fsp3) is 0.875. The quantitative estimate of drug-likeness (QED) is 0.717. The molecular formula is C8H14BrNO. The lowest BCUT2D eigenvalue weighted by Crippen LogP contribution is -2.33. The largest absolute Gasteiger partial charge is 0.353 e. The monoisotopic (exact) mass is 219 g/mol. The number of hydrogen-bond acceptors (Lipinski definition) is 1. The molecule has 1 atom stereocenters. The van der Waals surface area contributed by atoms with Crippen LogP contribution in [0.5, 0.6) is 0 Å². The number of alkyl halides is 1. The van der Waals surface area contributed by atoms with Gasteiger partial charge in [0, 0.05) is 17.8 Å². The van der Waals surface area contributed by atoms with E-state index in [4.69, 9.17) is 0 Å². The Bertz CT molecular complexity index is 145. The lowest BCUT2D eigenvalue weighted by Gasteiger charge is -2.09. The third kappa shape index (κ3) is 3.75. The van der Waals surface area contributed by atoms with E-state index in [0.717, 1.165) is 11.8 Å². The van der Waals surface area contributed by atoms with Crippen molar-refractivity contribution in [2.24, 2.45) is 5.92 Å². The zero-order valence-corrected chi connectivity index (χ0v) is 8.36. The molecule has 1 aliphatic rings. The summed E-state index contributed by atoms with van der Waals surface area (Å²) in [4.78, 5) is 11.1. The van der Waals surface area contributed by atoms with Crippen molar-refractivity contribution in [2.75, 3.05) is 5.33 Å². The van der Waals surface area contributed by atoms with Gasteiger partial charge in [-0.2, -0.15) is 0 Å². The smallest absolute Gasteiger partial charge is 0.220 e. The molecule has 0 saturated heterocycles. The molecule has 1 fully saturated rings. The second kappa shape index (κ2) is 4.10. The maximum Gasteiger partial charge on any atom is 0.220 e. The molecule has 3 heteroatoms.